The van der Waals surface area contributed by atoms with E-state index in [1.807, 2.05) is 60.7 Å². The van der Waals surface area contributed by atoms with Crippen molar-refractivity contribution < 1.29 is 9.90 Å². The molecule has 0 aliphatic rings. The summed E-state index contributed by atoms with van der Waals surface area (Å²) in [4.78, 5) is 12.6. The number of carboxylic acid groups (broad SMARTS) is 1. The summed E-state index contributed by atoms with van der Waals surface area (Å²) >= 11 is 0. The van der Waals surface area contributed by atoms with Crippen molar-refractivity contribution in [2.75, 3.05) is 20.1 Å². The fraction of sp³-hybridized carbons (Fsp3) is 0.125. The van der Waals surface area contributed by atoms with Crippen LogP contribution in [-0.4, -0.2) is 36.1 Å². The van der Waals surface area contributed by atoms with Crippen LogP contribution < -0.4 is 0 Å². The Hall–Kier alpha value is -3.35. The van der Waals surface area contributed by atoms with Crippen LogP contribution in [-0.2, 0) is 4.79 Å². The van der Waals surface area contributed by atoms with Gasteiger partial charge in [-0.2, -0.15) is 0 Å². The van der Waals surface area contributed by atoms with Crippen molar-refractivity contribution in [3.8, 4) is 11.8 Å². The molecule has 27 heavy (non-hydrogen) atoms. The largest absolute Gasteiger partial charge is 0.480 e. The predicted molar refractivity (Wildman–Crippen MR) is 110 cm³/mol. The normalized spacial score (nSPS) is 11.3. The third-order valence-electron chi connectivity index (χ3n) is 4.22. The van der Waals surface area contributed by atoms with E-state index in [-0.39, 0.29) is 6.54 Å². The second-order valence-electron chi connectivity index (χ2n) is 6.35. The molecule has 3 aromatic carbocycles. The maximum Gasteiger partial charge on any atom is 0.317 e. The van der Waals surface area contributed by atoms with Crippen LogP contribution >= 0.6 is 0 Å². The highest BCUT2D eigenvalue weighted by atomic mass is 16.4. The van der Waals surface area contributed by atoms with Gasteiger partial charge >= 0.3 is 5.97 Å². The predicted octanol–water partition coefficient (Wildman–Crippen LogP) is 4.29. The molecule has 0 radical (unpaired) electrons. The quantitative estimate of drug-likeness (QED) is 0.694. The Labute approximate surface area is 159 Å². The Bertz CT molecular complexity index is 1020. The monoisotopic (exact) mass is 355 g/mol. The van der Waals surface area contributed by atoms with Gasteiger partial charge in [-0.1, -0.05) is 84.6 Å². The lowest BCUT2D eigenvalue weighted by Crippen LogP contribution is -2.25. The molecule has 134 valence electrons. The smallest absolute Gasteiger partial charge is 0.317 e. The average molecular weight is 355 g/mol. The number of fused-ring (bicyclic) bond motifs is 1. The van der Waals surface area contributed by atoms with Gasteiger partial charge in [-0.05, 0) is 29.4 Å². The van der Waals surface area contributed by atoms with E-state index in [1.54, 1.807) is 11.9 Å². The zero-order chi connectivity index (χ0) is 19.1. The van der Waals surface area contributed by atoms with Crippen molar-refractivity contribution in [1.82, 2.24) is 4.90 Å². The van der Waals surface area contributed by atoms with Crippen molar-refractivity contribution in [3.63, 3.8) is 0 Å². The van der Waals surface area contributed by atoms with Crippen molar-refractivity contribution >= 4 is 22.3 Å². The van der Waals surface area contributed by atoms with Gasteiger partial charge < -0.3 is 5.11 Å². The number of hydrogen-bond donors (Lipinski definition) is 1. The molecule has 1 N–H and O–H groups in total. The Morgan fingerprint density at radius 3 is 2.48 bits per heavy atom. The molecule has 0 aliphatic heterocycles. The lowest BCUT2D eigenvalue weighted by atomic mass is 10.0. The number of nitrogens with zero attached hydrogens (tertiary/aromatic N) is 1. The molecule has 0 fully saturated rings. The first-order valence-electron chi connectivity index (χ1n) is 8.79. The molecule has 0 unspecified atom stereocenters. The maximum absolute atomic E-state index is 10.9. The van der Waals surface area contributed by atoms with E-state index in [9.17, 15) is 4.79 Å². The number of hydrogen-bond acceptors (Lipinski definition) is 2. The molecule has 3 nitrogen and oxygen atoms in total. The van der Waals surface area contributed by atoms with Gasteiger partial charge in [-0.15, -0.1) is 0 Å². The lowest BCUT2D eigenvalue weighted by molar-refractivity contribution is -0.137. The summed E-state index contributed by atoms with van der Waals surface area (Å²) in [6, 6.07) is 24.3. The zero-order valence-electron chi connectivity index (χ0n) is 15.2. The highest BCUT2D eigenvalue weighted by Crippen LogP contribution is 2.19. The summed E-state index contributed by atoms with van der Waals surface area (Å²) in [6.45, 7) is 0.510. The fourth-order valence-corrected chi connectivity index (χ4v) is 2.87. The van der Waals surface area contributed by atoms with Crippen LogP contribution in [0.5, 0.6) is 0 Å². The van der Waals surface area contributed by atoms with Crippen LogP contribution in [0.3, 0.4) is 0 Å². The second kappa shape index (κ2) is 8.84. The van der Waals surface area contributed by atoms with Gasteiger partial charge in [0.25, 0.3) is 0 Å². The SMILES string of the molecule is CN(CC=C(C#Cc1cccc2ccccc12)c1ccccc1)CC(=O)O. The Balaban J connectivity index is 1.95. The molecular formula is C24H21NO2. The average Bonchev–Trinajstić information content (AvgIpc) is 2.68. The topological polar surface area (TPSA) is 40.5 Å². The van der Waals surface area contributed by atoms with Crippen LogP contribution in [0.25, 0.3) is 16.3 Å². The van der Waals surface area contributed by atoms with Crippen molar-refractivity contribution in [2.45, 2.75) is 0 Å². The van der Waals surface area contributed by atoms with E-state index in [1.165, 1.54) is 0 Å². The molecule has 0 spiro atoms. The molecule has 0 saturated carbocycles. The van der Waals surface area contributed by atoms with Gasteiger partial charge in [-0.25, -0.2) is 0 Å². The lowest BCUT2D eigenvalue weighted by Gasteiger charge is -2.11. The third kappa shape index (κ3) is 5.07. The first-order valence-corrected chi connectivity index (χ1v) is 8.79. The summed E-state index contributed by atoms with van der Waals surface area (Å²) in [7, 11) is 1.78. The van der Waals surface area contributed by atoms with Crippen molar-refractivity contribution in [2.24, 2.45) is 0 Å². The molecule has 3 aromatic rings. The number of allylic oxidation sites excluding steroid dienone is 1. The van der Waals surface area contributed by atoms with Crippen LogP contribution in [0.4, 0.5) is 0 Å². The number of likely N-dealkylation sites (N-methyl/N-ethyl adjacent to an activating group) is 1. The molecule has 0 bridgehead atoms. The molecule has 0 atom stereocenters. The number of benzene rings is 3. The Morgan fingerprint density at radius 2 is 1.70 bits per heavy atom. The fourth-order valence-electron chi connectivity index (χ4n) is 2.87. The van der Waals surface area contributed by atoms with Gasteiger partial charge in [0.2, 0.25) is 0 Å². The maximum atomic E-state index is 10.9. The summed E-state index contributed by atoms with van der Waals surface area (Å²) in [5.74, 6) is 5.75. The van der Waals surface area contributed by atoms with Gasteiger partial charge in [0.1, 0.15) is 0 Å². The summed E-state index contributed by atoms with van der Waals surface area (Å²) in [5, 5.41) is 11.2. The second-order valence-corrected chi connectivity index (χ2v) is 6.35. The standard InChI is InChI=1S/C24H21NO2/c1-25(18-24(26)27)17-16-20(19-8-3-2-4-9-19)14-15-22-12-7-11-21-10-5-6-13-23(21)22/h2-13,16H,17-18H2,1H3,(H,26,27). The summed E-state index contributed by atoms with van der Waals surface area (Å²) < 4.78 is 0. The van der Waals surface area contributed by atoms with E-state index in [0.29, 0.717) is 6.54 Å². The van der Waals surface area contributed by atoms with E-state index < -0.39 is 5.97 Å². The van der Waals surface area contributed by atoms with Gasteiger partial charge in [0.15, 0.2) is 0 Å². The minimum Gasteiger partial charge on any atom is -0.480 e. The highest BCUT2D eigenvalue weighted by molar-refractivity contribution is 5.89. The molecule has 0 aliphatic carbocycles. The minimum absolute atomic E-state index is 0.00464. The first-order chi connectivity index (χ1) is 13.1. The first kappa shape index (κ1) is 18.4. The molecule has 0 aromatic heterocycles. The van der Waals surface area contributed by atoms with Crippen LogP contribution in [0.15, 0.2) is 78.9 Å². The number of aliphatic carboxylic acids is 1. The number of rotatable bonds is 5. The molecule has 3 heteroatoms. The van der Waals surface area contributed by atoms with Crippen LogP contribution in [0.2, 0.25) is 0 Å². The highest BCUT2D eigenvalue weighted by Gasteiger charge is 2.04. The van der Waals surface area contributed by atoms with E-state index >= 15 is 0 Å². The third-order valence-corrected chi connectivity index (χ3v) is 4.22. The van der Waals surface area contributed by atoms with Crippen LogP contribution in [0.1, 0.15) is 11.1 Å². The van der Waals surface area contributed by atoms with Gasteiger partial charge in [-0.3, -0.25) is 9.69 Å². The van der Waals surface area contributed by atoms with E-state index in [4.69, 9.17) is 5.11 Å². The molecule has 0 saturated heterocycles. The zero-order valence-corrected chi connectivity index (χ0v) is 15.2. The van der Waals surface area contributed by atoms with Crippen LogP contribution in [0, 0.1) is 11.8 Å². The van der Waals surface area contributed by atoms with Gasteiger partial charge in [0.05, 0.1) is 6.54 Å². The summed E-state index contributed by atoms with van der Waals surface area (Å²) in [6.07, 6.45) is 1.98. The molecule has 3 rings (SSSR count). The minimum atomic E-state index is -0.839. The summed E-state index contributed by atoms with van der Waals surface area (Å²) in [5.41, 5.74) is 2.89. The van der Waals surface area contributed by atoms with Gasteiger partial charge in [0, 0.05) is 17.7 Å². The molecular weight excluding hydrogens is 334 g/mol. The van der Waals surface area contributed by atoms with Crippen molar-refractivity contribution in [3.05, 3.63) is 90.0 Å². The van der Waals surface area contributed by atoms with E-state index in [0.717, 1.165) is 27.5 Å². The van der Waals surface area contributed by atoms with E-state index in [2.05, 4.69) is 30.0 Å². The number of carbonyl (C=O) groups is 1. The number of carboxylic acids is 1. The molecule has 0 amide bonds. The Morgan fingerprint density at radius 1 is 1.00 bits per heavy atom. The Kier molecular flexibility index (Phi) is 6.04. The molecule has 0 heterocycles. The van der Waals surface area contributed by atoms with Crippen molar-refractivity contribution in [1.29, 1.82) is 0 Å².